The van der Waals surface area contributed by atoms with Gasteiger partial charge in [-0.25, -0.2) is 9.97 Å². The van der Waals surface area contributed by atoms with Gasteiger partial charge in [0.1, 0.15) is 5.82 Å². The van der Waals surface area contributed by atoms with Gasteiger partial charge in [-0.1, -0.05) is 32.4 Å². The highest BCUT2D eigenvalue weighted by Gasteiger charge is 2.16. The van der Waals surface area contributed by atoms with Crippen molar-refractivity contribution in [3.63, 3.8) is 0 Å². The van der Waals surface area contributed by atoms with Crippen molar-refractivity contribution in [3.8, 4) is 10.7 Å². The lowest BCUT2D eigenvalue weighted by atomic mass is 10.0. The van der Waals surface area contributed by atoms with Crippen LogP contribution in [0.15, 0.2) is 12.1 Å². The summed E-state index contributed by atoms with van der Waals surface area (Å²) in [6, 6.07) is 3.86. The van der Waals surface area contributed by atoms with E-state index in [1.807, 2.05) is 19.1 Å². The fraction of sp³-hybridized carbons (Fsp3) is 0.467. The maximum Gasteiger partial charge on any atom is 0.171 e. The number of hydrogen-bond donors (Lipinski definition) is 1. The standard InChI is InChI=1S/C15H20ClN3S/c1-5-8-17-15-13(9(2)3)10(4)18-14(19-15)11-6-7-12(16)20-11/h6-7,9H,5,8H2,1-4H3,(H,17,18,19). The first kappa shape index (κ1) is 15.3. The smallest absolute Gasteiger partial charge is 0.171 e. The summed E-state index contributed by atoms with van der Waals surface area (Å²) in [5, 5.41) is 3.42. The number of nitrogens with zero attached hydrogens (tertiary/aromatic N) is 2. The lowest BCUT2D eigenvalue weighted by Crippen LogP contribution is -2.10. The minimum Gasteiger partial charge on any atom is -0.370 e. The molecule has 0 aliphatic heterocycles. The minimum atomic E-state index is 0.398. The van der Waals surface area contributed by atoms with E-state index >= 15 is 0 Å². The van der Waals surface area contributed by atoms with Crippen LogP contribution >= 0.6 is 22.9 Å². The summed E-state index contributed by atoms with van der Waals surface area (Å²) < 4.78 is 0.761. The molecule has 0 fully saturated rings. The molecule has 0 spiro atoms. The van der Waals surface area contributed by atoms with E-state index < -0.39 is 0 Å². The Labute approximate surface area is 129 Å². The maximum absolute atomic E-state index is 6.00. The zero-order valence-corrected chi connectivity index (χ0v) is 13.9. The van der Waals surface area contributed by atoms with Gasteiger partial charge in [0.2, 0.25) is 0 Å². The molecule has 0 unspecified atom stereocenters. The van der Waals surface area contributed by atoms with Crippen LogP contribution in [0.25, 0.3) is 10.7 Å². The van der Waals surface area contributed by atoms with Gasteiger partial charge in [0.15, 0.2) is 5.82 Å². The van der Waals surface area contributed by atoms with Gasteiger partial charge in [0.25, 0.3) is 0 Å². The molecule has 0 aliphatic carbocycles. The maximum atomic E-state index is 6.00. The first-order chi connectivity index (χ1) is 9.52. The van der Waals surface area contributed by atoms with Gasteiger partial charge in [0, 0.05) is 17.8 Å². The Bertz CT molecular complexity index is 593. The van der Waals surface area contributed by atoms with Gasteiger partial charge in [0.05, 0.1) is 9.21 Å². The predicted octanol–water partition coefficient (Wildman–Crippen LogP) is 5.11. The SMILES string of the molecule is CCCNc1nc(-c2ccc(Cl)s2)nc(C)c1C(C)C. The molecule has 2 rings (SSSR count). The molecule has 20 heavy (non-hydrogen) atoms. The van der Waals surface area contributed by atoms with Crippen molar-refractivity contribution in [2.24, 2.45) is 0 Å². The molecular weight excluding hydrogens is 290 g/mol. The Morgan fingerprint density at radius 3 is 2.60 bits per heavy atom. The Hall–Kier alpha value is -1.13. The van der Waals surface area contributed by atoms with Crippen molar-refractivity contribution in [3.05, 3.63) is 27.7 Å². The fourth-order valence-electron chi connectivity index (χ4n) is 2.20. The monoisotopic (exact) mass is 309 g/mol. The van der Waals surface area contributed by atoms with Gasteiger partial charge >= 0.3 is 0 Å². The molecule has 0 bridgehead atoms. The first-order valence-electron chi connectivity index (χ1n) is 6.91. The van der Waals surface area contributed by atoms with Crippen LogP contribution in [0.2, 0.25) is 4.34 Å². The van der Waals surface area contributed by atoms with Gasteiger partial charge in [-0.2, -0.15) is 0 Å². The molecule has 2 aromatic rings. The number of halogens is 1. The van der Waals surface area contributed by atoms with E-state index in [0.717, 1.165) is 39.5 Å². The normalized spacial score (nSPS) is 11.1. The van der Waals surface area contributed by atoms with Crippen molar-refractivity contribution in [1.29, 1.82) is 0 Å². The second-order valence-corrected chi connectivity index (χ2v) is 6.80. The van der Waals surface area contributed by atoms with Crippen LogP contribution in [0, 0.1) is 6.92 Å². The number of nitrogens with one attached hydrogen (secondary N) is 1. The third-order valence-corrected chi connectivity index (χ3v) is 4.28. The van der Waals surface area contributed by atoms with E-state index in [4.69, 9.17) is 16.6 Å². The third-order valence-electron chi connectivity index (χ3n) is 3.05. The van der Waals surface area contributed by atoms with E-state index in [0.29, 0.717) is 5.92 Å². The van der Waals surface area contributed by atoms with Gasteiger partial charge < -0.3 is 5.32 Å². The first-order valence-corrected chi connectivity index (χ1v) is 8.10. The molecule has 0 radical (unpaired) electrons. The summed E-state index contributed by atoms with van der Waals surface area (Å²) in [5.74, 6) is 2.10. The molecule has 0 aliphatic rings. The van der Waals surface area contributed by atoms with Crippen molar-refractivity contribution in [1.82, 2.24) is 9.97 Å². The molecule has 0 atom stereocenters. The lowest BCUT2D eigenvalue weighted by Gasteiger charge is -2.16. The molecule has 1 N–H and O–H groups in total. The number of aromatic nitrogens is 2. The van der Waals surface area contributed by atoms with Crippen molar-refractivity contribution >= 4 is 28.8 Å². The van der Waals surface area contributed by atoms with Crippen LogP contribution in [0.4, 0.5) is 5.82 Å². The van der Waals surface area contributed by atoms with Crippen LogP contribution in [-0.2, 0) is 0 Å². The fourth-order valence-corrected chi connectivity index (χ4v) is 3.17. The molecule has 5 heteroatoms. The molecule has 3 nitrogen and oxygen atoms in total. The number of anilines is 1. The summed E-state index contributed by atoms with van der Waals surface area (Å²) in [6.07, 6.45) is 1.07. The van der Waals surface area contributed by atoms with Crippen LogP contribution < -0.4 is 5.32 Å². The quantitative estimate of drug-likeness (QED) is 0.833. The topological polar surface area (TPSA) is 37.8 Å². The zero-order chi connectivity index (χ0) is 14.7. The van der Waals surface area contributed by atoms with Crippen LogP contribution in [0.3, 0.4) is 0 Å². The highest BCUT2D eigenvalue weighted by Crippen LogP contribution is 2.32. The number of thiophene rings is 1. The molecule has 2 heterocycles. The van der Waals surface area contributed by atoms with Crippen LogP contribution in [0.1, 0.15) is 44.4 Å². The third kappa shape index (κ3) is 3.30. The summed E-state index contributed by atoms with van der Waals surface area (Å²) in [5.41, 5.74) is 2.23. The van der Waals surface area contributed by atoms with Gasteiger partial charge in [-0.15, -0.1) is 11.3 Å². The van der Waals surface area contributed by atoms with E-state index in [1.54, 1.807) is 0 Å². The lowest BCUT2D eigenvalue weighted by molar-refractivity contribution is 0.827. The largest absolute Gasteiger partial charge is 0.370 e. The summed E-state index contributed by atoms with van der Waals surface area (Å²) in [6.45, 7) is 9.46. The molecule has 0 saturated heterocycles. The number of hydrogen-bond acceptors (Lipinski definition) is 4. The summed E-state index contributed by atoms with van der Waals surface area (Å²) >= 11 is 7.51. The van der Waals surface area contributed by atoms with Crippen molar-refractivity contribution in [2.75, 3.05) is 11.9 Å². The minimum absolute atomic E-state index is 0.398. The highest BCUT2D eigenvalue weighted by atomic mass is 35.5. The second-order valence-electron chi connectivity index (χ2n) is 5.08. The molecule has 0 amide bonds. The number of aryl methyl sites for hydroxylation is 1. The highest BCUT2D eigenvalue weighted by molar-refractivity contribution is 7.19. The van der Waals surface area contributed by atoms with Crippen molar-refractivity contribution < 1.29 is 0 Å². The Kier molecular flexibility index (Phi) is 5.00. The van der Waals surface area contributed by atoms with E-state index in [2.05, 4.69) is 31.1 Å². The Balaban J connectivity index is 2.48. The van der Waals surface area contributed by atoms with Gasteiger partial charge in [-0.3, -0.25) is 0 Å². The average molecular weight is 310 g/mol. The Morgan fingerprint density at radius 2 is 2.05 bits per heavy atom. The second kappa shape index (κ2) is 6.55. The van der Waals surface area contributed by atoms with Crippen molar-refractivity contribution in [2.45, 2.75) is 40.0 Å². The molecule has 0 aromatic carbocycles. The Morgan fingerprint density at radius 1 is 1.30 bits per heavy atom. The molecule has 108 valence electrons. The number of rotatable bonds is 5. The summed E-state index contributed by atoms with van der Waals surface area (Å²) in [4.78, 5) is 10.4. The van der Waals surface area contributed by atoms with E-state index in [9.17, 15) is 0 Å². The summed E-state index contributed by atoms with van der Waals surface area (Å²) in [7, 11) is 0. The average Bonchev–Trinajstić information content (AvgIpc) is 2.81. The van der Waals surface area contributed by atoms with Gasteiger partial charge in [-0.05, 0) is 31.4 Å². The molecule has 2 aromatic heterocycles. The molecular formula is C15H20ClN3S. The predicted molar refractivity (Wildman–Crippen MR) is 88.0 cm³/mol. The van der Waals surface area contributed by atoms with Crippen LogP contribution in [-0.4, -0.2) is 16.5 Å². The molecule has 0 saturated carbocycles. The van der Waals surface area contributed by atoms with Crippen LogP contribution in [0.5, 0.6) is 0 Å². The van der Waals surface area contributed by atoms with E-state index in [1.165, 1.54) is 16.9 Å². The zero-order valence-electron chi connectivity index (χ0n) is 12.3. The van der Waals surface area contributed by atoms with E-state index in [-0.39, 0.29) is 0 Å².